The van der Waals surface area contributed by atoms with Crippen molar-refractivity contribution in [3.05, 3.63) is 96.1 Å². The van der Waals surface area contributed by atoms with Gasteiger partial charge in [-0.1, -0.05) is 60.7 Å². The maximum Gasteiger partial charge on any atom is 0.118 e. The fraction of sp³-hybridized carbons (Fsp3) is 0.269. The molecule has 3 heteroatoms. The van der Waals surface area contributed by atoms with Crippen LogP contribution in [0, 0.1) is 5.92 Å². The van der Waals surface area contributed by atoms with E-state index in [2.05, 4.69) is 72.2 Å². The number of nitrogens with zero attached hydrogens (tertiary/aromatic N) is 1. The molecule has 3 aromatic carbocycles. The Morgan fingerprint density at radius 1 is 0.862 bits per heavy atom. The number of nitrogens with one attached hydrogen (secondary N) is 1. The fourth-order valence-corrected chi connectivity index (χ4v) is 4.25. The highest BCUT2D eigenvalue weighted by Gasteiger charge is 2.27. The monoisotopic (exact) mass is 384 g/mol. The average Bonchev–Trinajstić information content (AvgIpc) is 2.79. The summed E-state index contributed by atoms with van der Waals surface area (Å²) in [6, 6.07) is 29.5. The maximum atomic E-state index is 5.30. The van der Waals surface area contributed by atoms with E-state index in [1.807, 2.05) is 18.2 Å². The molecule has 4 rings (SSSR count). The SMILES string of the molecule is COc1ccc(CC2CC(=NNc3ccccc3)CC(c3ccccc3)C2)cc1. The zero-order valence-electron chi connectivity index (χ0n) is 16.9. The van der Waals surface area contributed by atoms with Crippen molar-refractivity contribution in [1.29, 1.82) is 0 Å². The van der Waals surface area contributed by atoms with Gasteiger partial charge in [0.15, 0.2) is 0 Å². The molecule has 2 atom stereocenters. The molecule has 3 aromatic rings. The molecule has 0 aromatic heterocycles. The molecular formula is C26H28N2O. The van der Waals surface area contributed by atoms with Crippen molar-refractivity contribution in [3.8, 4) is 5.75 Å². The van der Waals surface area contributed by atoms with Crippen LogP contribution in [-0.2, 0) is 6.42 Å². The number of hydrazone groups is 1. The molecule has 0 aliphatic heterocycles. The van der Waals surface area contributed by atoms with Crippen LogP contribution in [0.15, 0.2) is 90.0 Å². The largest absolute Gasteiger partial charge is 0.497 e. The highest BCUT2D eigenvalue weighted by molar-refractivity contribution is 5.87. The summed E-state index contributed by atoms with van der Waals surface area (Å²) in [5.74, 6) is 2.01. The number of hydrogen-bond donors (Lipinski definition) is 1. The van der Waals surface area contributed by atoms with E-state index < -0.39 is 0 Å². The lowest BCUT2D eigenvalue weighted by atomic mass is 9.75. The molecule has 1 fully saturated rings. The number of para-hydroxylation sites is 1. The first-order chi connectivity index (χ1) is 14.3. The second-order valence-corrected chi connectivity index (χ2v) is 7.83. The van der Waals surface area contributed by atoms with Gasteiger partial charge in [-0.3, -0.25) is 5.43 Å². The molecule has 3 nitrogen and oxygen atoms in total. The molecule has 2 unspecified atom stereocenters. The van der Waals surface area contributed by atoms with E-state index in [4.69, 9.17) is 9.84 Å². The van der Waals surface area contributed by atoms with Crippen molar-refractivity contribution in [3.63, 3.8) is 0 Å². The molecule has 1 saturated carbocycles. The van der Waals surface area contributed by atoms with Crippen molar-refractivity contribution in [2.75, 3.05) is 12.5 Å². The van der Waals surface area contributed by atoms with Gasteiger partial charge in [0.1, 0.15) is 5.75 Å². The summed E-state index contributed by atoms with van der Waals surface area (Å²) in [5, 5.41) is 4.80. The minimum absolute atomic E-state index is 0.518. The van der Waals surface area contributed by atoms with Gasteiger partial charge in [-0.05, 0) is 72.9 Å². The summed E-state index contributed by atoms with van der Waals surface area (Å²) in [6.45, 7) is 0. The van der Waals surface area contributed by atoms with Crippen LogP contribution in [0.25, 0.3) is 0 Å². The van der Waals surface area contributed by atoms with Crippen LogP contribution in [-0.4, -0.2) is 12.8 Å². The van der Waals surface area contributed by atoms with Gasteiger partial charge in [0.05, 0.1) is 12.8 Å². The predicted molar refractivity (Wildman–Crippen MR) is 121 cm³/mol. The number of benzene rings is 3. The minimum atomic E-state index is 0.518. The summed E-state index contributed by atoms with van der Waals surface area (Å²) in [6.07, 6.45) is 4.32. The van der Waals surface area contributed by atoms with E-state index in [1.165, 1.54) is 23.3 Å². The Morgan fingerprint density at radius 2 is 1.55 bits per heavy atom. The Hall–Kier alpha value is -3.07. The molecule has 1 N–H and O–H groups in total. The van der Waals surface area contributed by atoms with E-state index in [-0.39, 0.29) is 0 Å². The van der Waals surface area contributed by atoms with Crippen molar-refractivity contribution >= 4 is 11.4 Å². The van der Waals surface area contributed by atoms with E-state index in [0.29, 0.717) is 11.8 Å². The van der Waals surface area contributed by atoms with Gasteiger partial charge in [0.25, 0.3) is 0 Å². The molecular weight excluding hydrogens is 356 g/mol. The van der Waals surface area contributed by atoms with Crippen molar-refractivity contribution in [2.45, 2.75) is 31.6 Å². The normalized spacial score (nSPS) is 20.4. The molecule has 0 saturated heterocycles. The topological polar surface area (TPSA) is 33.6 Å². The highest BCUT2D eigenvalue weighted by Crippen LogP contribution is 2.36. The third kappa shape index (κ3) is 5.26. The molecule has 1 aliphatic carbocycles. The molecule has 29 heavy (non-hydrogen) atoms. The molecule has 0 spiro atoms. The number of rotatable bonds is 6. The zero-order valence-corrected chi connectivity index (χ0v) is 16.9. The predicted octanol–water partition coefficient (Wildman–Crippen LogP) is 6.29. The van der Waals surface area contributed by atoms with E-state index >= 15 is 0 Å². The Bertz CT molecular complexity index is 920. The van der Waals surface area contributed by atoms with Crippen LogP contribution < -0.4 is 10.2 Å². The smallest absolute Gasteiger partial charge is 0.118 e. The maximum absolute atomic E-state index is 5.30. The van der Waals surface area contributed by atoms with E-state index in [1.54, 1.807) is 7.11 Å². The van der Waals surface area contributed by atoms with Gasteiger partial charge >= 0.3 is 0 Å². The van der Waals surface area contributed by atoms with Crippen LogP contribution in [0.5, 0.6) is 5.75 Å². The number of hydrogen-bond acceptors (Lipinski definition) is 3. The molecule has 0 radical (unpaired) electrons. The second kappa shape index (κ2) is 9.42. The molecule has 1 aliphatic rings. The minimum Gasteiger partial charge on any atom is -0.497 e. The van der Waals surface area contributed by atoms with Crippen LogP contribution in [0.1, 0.15) is 36.3 Å². The Balaban J connectivity index is 1.51. The Kier molecular flexibility index (Phi) is 6.25. The van der Waals surface area contributed by atoms with Gasteiger partial charge in [0, 0.05) is 5.71 Å². The van der Waals surface area contributed by atoms with Crippen molar-refractivity contribution < 1.29 is 4.74 Å². The summed E-state index contributed by atoms with van der Waals surface area (Å²) in [7, 11) is 1.71. The first-order valence-corrected chi connectivity index (χ1v) is 10.3. The van der Waals surface area contributed by atoms with Crippen LogP contribution in [0.2, 0.25) is 0 Å². The summed E-state index contributed by atoms with van der Waals surface area (Å²) in [4.78, 5) is 0. The van der Waals surface area contributed by atoms with Gasteiger partial charge in [-0.2, -0.15) is 5.10 Å². The van der Waals surface area contributed by atoms with Crippen LogP contribution >= 0.6 is 0 Å². The lowest BCUT2D eigenvalue weighted by Gasteiger charge is -2.31. The number of anilines is 1. The molecule has 0 bridgehead atoms. The number of methoxy groups -OCH3 is 1. The molecule has 148 valence electrons. The van der Waals surface area contributed by atoms with Gasteiger partial charge in [-0.15, -0.1) is 0 Å². The fourth-order valence-electron chi connectivity index (χ4n) is 4.25. The second-order valence-electron chi connectivity index (χ2n) is 7.83. The van der Waals surface area contributed by atoms with E-state index in [9.17, 15) is 0 Å². The summed E-state index contributed by atoms with van der Waals surface area (Å²) >= 11 is 0. The zero-order chi connectivity index (χ0) is 19.9. The third-order valence-corrected chi connectivity index (χ3v) is 5.70. The van der Waals surface area contributed by atoms with Gasteiger partial charge in [0.2, 0.25) is 0 Å². The highest BCUT2D eigenvalue weighted by atomic mass is 16.5. The van der Waals surface area contributed by atoms with Crippen molar-refractivity contribution in [1.82, 2.24) is 0 Å². The van der Waals surface area contributed by atoms with Gasteiger partial charge in [-0.25, -0.2) is 0 Å². The van der Waals surface area contributed by atoms with Crippen molar-refractivity contribution in [2.24, 2.45) is 11.0 Å². The Morgan fingerprint density at radius 3 is 2.24 bits per heavy atom. The van der Waals surface area contributed by atoms with Crippen LogP contribution in [0.3, 0.4) is 0 Å². The average molecular weight is 385 g/mol. The summed E-state index contributed by atoms with van der Waals surface area (Å²) in [5.41, 5.74) is 8.33. The van der Waals surface area contributed by atoms with Crippen LogP contribution in [0.4, 0.5) is 5.69 Å². The lowest BCUT2D eigenvalue weighted by molar-refractivity contribution is 0.410. The van der Waals surface area contributed by atoms with E-state index in [0.717, 1.165) is 30.7 Å². The molecule has 0 amide bonds. The van der Waals surface area contributed by atoms with Gasteiger partial charge < -0.3 is 4.74 Å². The quantitative estimate of drug-likeness (QED) is 0.507. The summed E-state index contributed by atoms with van der Waals surface area (Å²) < 4.78 is 5.30. The number of ether oxygens (including phenoxy) is 1. The lowest BCUT2D eigenvalue weighted by Crippen LogP contribution is -2.24. The Labute approximate surface area is 173 Å². The molecule has 0 heterocycles. The third-order valence-electron chi connectivity index (χ3n) is 5.70. The standard InChI is InChI=1S/C26H28N2O/c1-29-26-14-12-20(13-15-26)16-21-17-23(22-8-4-2-5-9-22)19-25(18-21)28-27-24-10-6-3-7-11-24/h2-15,21,23,27H,16-19H2,1H3. The first-order valence-electron chi connectivity index (χ1n) is 10.3. The first kappa shape index (κ1) is 19.3.